The van der Waals surface area contributed by atoms with Gasteiger partial charge in [-0.3, -0.25) is 9.69 Å². The number of benzene rings is 1. The molecule has 0 heterocycles. The Morgan fingerprint density at radius 2 is 2.11 bits per heavy atom. The van der Waals surface area contributed by atoms with Crippen LogP contribution in [0.4, 0.5) is 0 Å². The number of Topliss-reactive ketones (excluding diaryl/α,β-unsaturated/α-hetero) is 1. The lowest BCUT2D eigenvalue weighted by atomic mass is 10.1. The Labute approximate surface area is 110 Å². The summed E-state index contributed by atoms with van der Waals surface area (Å²) < 4.78 is 5.08. The van der Waals surface area contributed by atoms with Crippen molar-refractivity contribution in [2.24, 2.45) is 0 Å². The van der Waals surface area contributed by atoms with E-state index in [2.05, 4.69) is 18.7 Å². The van der Waals surface area contributed by atoms with Gasteiger partial charge in [0.2, 0.25) is 0 Å². The maximum atomic E-state index is 12.2. The Kier molecular flexibility index (Phi) is 6.02. The monoisotopic (exact) mass is 249 g/mol. The van der Waals surface area contributed by atoms with E-state index in [4.69, 9.17) is 4.74 Å². The second-order valence-electron chi connectivity index (χ2n) is 4.85. The standard InChI is InChI=1S/C15H23NO2/c1-12(2)16(8-9-18-4)11-15(17)14-7-5-6-13(3)10-14/h5-7,10,12H,8-9,11H2,1-4H3. The topological polar surface area (TPSA) is 29.5 Å². The largest absolute Gasteiger partial charge is 0.383 e. The van der Waals surface area contributed by atoms with E-state index in [1.807, 2.05) is 31.2 Å². The number of carbonyl (C=O) groups excluding carboxylic acids is 1. The highest BCUT2D eigenvalue weighted by Gasteiger charge is 2.15. The first-order chi connectivity index (χ1) is 8.54. The van der Waals surface area contributed by atoms with Crippen molar-refractivity contribution >= 4 is 5.78 Å². The zero-order chi connectivity index (χ0) is 13.5. The van der Waals surface area contributed by atoms with E-state index < -0.39 is 0 Å². The van der Waals surface area contributed by atoms with Gasteiger partial charge in [-0.1, -0.05) is 23.8 Å². The smallest absolute Gasteiger partial charge is 0.176 e. The molecule has 3 nitrogen and oxygen atoms in total. The highest BCUT2D eigenvalue weighted by atomic mass is 16.5. The first-order valence-corrected chi connectivity index (χ1v) is 6.37. The summed E-state index contributed by atoms with van der Waals surface area (Å²) in [5.41, 5.74) is 1.91. The summed E-state index contributed by atoms with van der Waals surface area (Å²) in [5.74, 6) is 0.170. The molecule has 0 amide bonds. The maximum absolute atomic E-state index is 12.2. The summed E-state index contributed by atoms with van der Waals surface area (Å²) >= 11 is 0. The summed E-state index contributed by atoms with van der Waals surface area (Å²) in [4.78, 5) is 14.3. The molecule has 0 spiro atoms. The molecular weight excluding hydrogens is 226 g/mol. The van der Waals surface area contributed by atoms with Crippen molar-refractivity contribution in [2.45, 2.75) is 26.8 Å². The number of carbonyl (C=O) groups is 1. The van der Waals surface area contributed by atoms with Crippen LogP contribution < -0.4 is 0 Å². The molecule has 1 aromatic carbocycles. The van der Waals surface area contributed by atoms with Crippen LogP contribution in [0.5, 0.6) is 0 Å². The molecule has 0 aliphatic rings. The lowest BCUT2D eigenvalue weighted by Gasteiger charge is -2.25. The van der Waals surface area contributed by atoms with E-state index in [1.165, 1.54) is 0 Å². The number of aryl methyl sites for hydroxylation is 1. The van der Waals surface area contributed by atoms with Gasteiger partial charge in [0.25, 0.3) is 0 Å². The van der Waals surface area contributed by atoms with E-state index in [-0.39, 0.29) is 5.78 Å². The molecule has 0 saturated heterocycles. The van der Waals surface area contributed by atoms with E-state index >= 15 is 0 Å². The first-order valence-electron chi connectivity index (χ1n) is 6.37. The summed E-state index contributed by atoms with van der Waals surface area (Å²) in [6.45, 7) is 8.08. The summed E-state index contributed by atoms with van der Waals surface area (Å²) in [6.07, 6.45) is 0. The third-order valence-electron chi connectivity index (χ3n) is 3.00. The second-order valence-corrected chi connectivity index (χ2v) is 4.85. The average Bonchev–Trinajstić information content (AvgIpc) is 2.33. The van der Waals surface area contributed by atoms with Crippen molar-refractivity contribution < 1.29 is 9.53 Å². The third kappa shape index (κ3) is 4.59. The quantitative estimate of drug-likeness (QED) is 0.695. The van der Waals surface area contributed by atoms with E-state index in [9.17, 15) is 4.79 Å². The molecule has 1 rings (SSSR count). The lowest BCUT2D eigenvalue weighted by molar-refractivity contribution is 0.0852. The summed E-state index contributed by atoms with van der Waals surface area (Å²) in [7, 11) is 1.68. The molecular formula is C15H23NO2. The van der Waals surface area contributed by atoms with Crippen LogP contribution in [0, 0.1) is 6.92 Å². The van der Waals surface area contributed by atoms with Gasteiger partial charge in [0.15, 0.2) is 5.78 Å². The molecule has 0 fully saturated rings. The molecule has 1 aromatic rings. The Bertz CT molecular complexity index is 388. The summed E-state index contributed by atoms with van der Waals surface area (Å²) in [5, 5.41) is 0. The van der Waals surface area contributed by atoms with Gasteiger partial charge in [-0.25, -0.2) is 0 Å². The molecule has 0 bridgehead atoms. The highest BCUT2D eigenvalue weighted by molar-refractivity contribution is 5.97. The van der Waals surface area contributed by atoms with E-state index in [1.54, 1.807) is 7.11 Å². The number of methoxy groups -OCH3 is 1. The maximum Gasteiger partial charge on any atom is 0.176 e. The van der Waals surface area contributed by atoms with Gasteiger partial charge >= 0.3 is 0 Å². The van der Waals surface area contributed by atoms with Crippen LogP contribution in [0.1, 0.15) is 29.8 Å². The molecule has 0 radical (unpaired) electrons. The van der Waals surface area contributed by atoms with Gasteiger partial charge in [-0.15, -0.1) is 0 Å². The third-order valence-corrected chi connectivity index (χ3v) is 3.00. The zero-order valence-corrected chi connectivity index (χ0v) is 11.8. The minimum absolute atomic E-state index is 0.170. The van der Waals surface area contributed by atoms with Crippen LogP contribution in [0.2, 0.25) is 0 Å². The SMILES string of the molecule is COCCN(CC(=O)c1cccc(C)c1)C(C)C. The summed E-state index contributed by atoms with van der Waals surface area (Å²) in [6, 6.07) is 8.09. The molecule has 18 heavy (non-hydrogen) atoms. The number of hydrogen-bond donors (Lipinski definition) is 0. The van der Waals surface area contributed by atoms with Crippen molar-refractivity contribution in [3.8, 4) is 0 Å². The van der Waals surface area contributed by atoms with Gasteiger partial charge in [0.1, 0.15) is 0 Å². The molecule has 100 valence electrons. The van der Waals surface area contributed by atoms with Crippen molar-refractivity contribution in [1.82, 2.24) is 4.90 Å². The van der Waals surface area contributed by atoms with Gasteiger partial charge in [-0.05, 0) is 26.8 Å². The number of rotatable bonds is 7. The number of hydrogen-bond acceptors (Lipinski definition) is 3. The van der Waals surface area contributed by atoms with Gasteiger partial charge < -0.3 is 4.74 Å². The number of ether oxygens (including phenoxy) is 1. The molecule has 0 aliphatic carbocycles. The Balaban J connectivity index is 2.66. The predicted octanol–water partition coefficient (Wildman–Crippen LogP) is 2.53. The van der Waals surface area contributed by atoms with Crippen molar-refractivity contribution in [3.63, 3.8) is 0 Å². The second kappa shape index (κ2) is 7.29. The van der Waals surface area contributed by atoms with Crippen LogP contribution in [-0.4, -0.2) is 43.5 Å². The minimum Gasteiger partial charge on any atom is -0.383 e. The van der Waals surface area contributed by atoms with E-state index in [0.717, 1.165) is 17.7 Å². The fourth-order valence-corrected chi connectivity index (χ4v) is 1.82. The number of nitrogens with zero attached hydrogens (tertiary/aromatic N) is 1. The van der Waals surface area contributed by atoms with Crippen LogP contribution >= 0.6 is 0 Å². The zero-order valence-electron chi connectivity index (χ0n) is 11.8. The Hall–Kier alpha value is -1.19. The number of ketones is 1. The molecule has 0 aliphatic heterocycles. The van der Waals surface area contributed by atoms with Crippen molar-refractivity contribution in [3.05, 3.63) is 35.4 Å². The predicted molar refractivity (Wildman–Crippen MR) is 74.1 cm³/mol. The van der Waals surface area contributed by atoms with Crippen molar-refractivity contribution in [2.75, 3.05) is 26.8 Å². The van der Waals surface area contributed by atoms with Gasteiger partial charge in [-0.2, -0.15) is 0 Å². The molecule has 0 saturated carbocycles. The van der Waals surface area contributed by atoms with E-state index in [0.29, 0.717) is 19.2 Å². The Morgan fingerprint density at radius 1 is 1.39 bits per heavy atom. The fourth-order valence-electron chi connectivity index (χ4n) is 1.82. The van der Waals surface area contributed by atoms with Crippen LogP contribution in [-0.2, 0) is 4.74 Å². The van der Waals surface area contributed by atoms with Gasteiger partial charge in [0.05, 0.1) is 13.2 Å². The van der Waals surface area contributed by atoms with Crippen LogP contribution in [0.3, 0.4) is 0 Å². The molecule has 0 atom stereocenters. The minimum atomic E-state index is 0.170. The highest BCUT2D eigenvalue weighted by Crippen LogP contribution is 2.07. The molecule has 0 unspecified atom stereocenters. The lowest BCUT2D eigenvalue weighted by Crippen LogP contribution is -2.38. The molecule has 3 heteroatoms. The first kappa shape index (κ1) is 14.9. The normalized spacial score (nSPS) is 11.2. The van der Waals surface area contributed by atoms with Gasteiger partial charge in [0, 0.05) is 25.3 Å². The molecule has 0 aromatic heterocycles. The Morgan fingerprint density at radius 3 is 2.67 bits per heavy atom. The van der Waals surface area contributed by atoms with Crippen LogP contribution in [0.15, 0.2) is 24.3 Å². The van der Waals surface area contributed by atoms with Crippen LogP contribution in [0.25, 0.3) is 0 Å². The fraction of sp³-hybridized carbons (Fsp3) is 0.533. The van der Waals surface area contributed by atoms with Crippen molar-refractivity contribution in [1.29, 1.82) is 0 Å². The average molecular weight is 249 g/mol. The molecule has 0 N–H and O–H groups in total.